The largest absolute Gasteiger partial charge is 0.493 e. The van der Waals surface area contributed by atoms with Gasteiger partial charge in [0, 0.05) is 17.8 Å². The van der Waals surface area contributed by atoms with Crippen molar-refractivity contribution in [1.29, 1.82) is 0 Å². The van der Waals surface area contributed by atoms with E-state index in [9.17, 15) is 9.59 Å². The van der Waals surface area contributed by atoms with Crippen LogP contribution in [0.4, 0.5) is 5.69 Å². The SMILES string of the molecule is C=CCn1c(CNC(=O)c2ccc(OC)c(OC)c2)nnc1SCC(=O)Nc1cccc(C)c1C. The van der Waals surface area contributed by atoms with Crippen LogP contribution < -0.4 is 20.1 Å². The van der Waals surface area contributed by atoms with Crippen molar-refractivity contribution in [3.63, 3.8) is 0 Å². The highest BCUT2D eigenvalue weighted by Gasteiger charge is 2.16. The Morgan fingerprint density at radius 1 is 1.11 bits per heavy atom. The van der Waals surface area contributed by atoms with Crippen LogP contribution >= 0.6 is 11.8 Å². The van der Waals surface area contributed by atoms with Crippen LogP contribution in [0.5, 0.6) is 11.5 Å². The maximum Gasteiger partial charge on any atom is 0.251 e. The molecule has 0 unspecified atom stereocenters. The van der Waals surface area contributed by atoms with E-state index in [-0.39, 0.29) is 24.1 Å². The van der Waals surface area contributed by atoms with Gasteiger partial charge in [-0.25, -0.2) is 0 Å². The lowest BCUT2D eigenvalue weighted by molar-refractivity contribution is -0.113. The number of aryl methyl sites for hydroxylation is 1. The standard InChI is InChI=1S/C25H29N5O4S/c1-6-12-30-22(14-26-24(32)18-10-11-20(33-4)21(13-18)34-5)28-29-25(30)35-15-23(31)27-19-9-7-8-16(2)17(19)3/h6-11,13H,1,12,14-15H2,2-5H3,(H,26,32)(H,27,31). The van der Waals surface area contributed by atoms with Gasteiger partial charge in [0.05, 0.1) is 26.5 Å². The molecular weight excluding hydrogens is 466 g/mol. The zero-order valence-electron chi connectivity index (χ0n) is 20.3. The van der Waals surface area contributed by atoms with Crippen LogP contribution in [-0.4, -0.2) is 46.6 Å². The molecule has 3 aromatic rings. The van der Waals surface area contributed by atoms with Gasteiger partial charge in [-0.2, -0.15) is 0 Å². The molecule has 0 fully saturated rings. The summed E-state index contributed by atoms with van der Waals surface area (Å²) < 4.78 is 12.3. The summed E-state index contributed by atoms with van der Waals surface area (Å²) >= 11 is 1.27. The fourth-order valence-electron chi connectivity index (χ4n) is 3.31. The molecule has 3 rings (SSSR count). The number of allylic oxidation sites excluding steroid dienone is 1. The summed E-state index contributed by atoms with van der Waals surface area (Å²) in [6.45, 7) is 8.36. The average molecular weight is 496 g/mol. The molecule has 1 heterocycles. The van der Waals surface area contributed by atoms with E-state index in [4.69, 9.17) is 9.47 Å². The summed E-state index contributed by atoms with van der Waals surface area (Å²) in [5.41, 5.74) is 3.37. The van der Waals surface area contributed by atoms with Crippen molar-refractivity contribution in [3.05, 3.63) is 71.6 Å². The number of carbonyl (C=O) groups is 2. The number of rotatable bonds is 11. The zero-order chi connectivity index (χ0) is 25.4. The predicted octanol–water partition coefficient (Wildman–Crippen LogP) is 3.76. The average Bonchev–Trinajstić information content (AvgIpc) is 3.25. The molecule has 1 aromatic heterocycles. The molecule has 9 nitrogen and oxygen atoms in total. The van der Waals surface area contributed by atoms with E-state index in [0.29, 0.717) is 34.6 Å². The number of anilines is 1. The van der Waals surface area contributed by atoms with Gasteiger partial charge in [-0.15, -0.1) is 16.8 Å². The monoisotopic (exact) mass is 495 g/mol. The second kappa shape index (κ2) is 12.1. The van der Waals surface area contributed by atoms with Crippen molar-refractivity contribution in [2.75, 3.05) is 25.3 Å². The van der Waals surface area contributed by atoms with Crippen LogP contribution in [0, 0.1) is 13.8 Å². The molecule has 0 atom stereocenters. The summed E-state index contributed by atoms with van der Waals surface area (Å²) in [6.07, 6.45) is 1.71. The Labute approximate surface area is 208 Å². The van der Waals surface area contributed by atoms with Gasteiger partial charge in [0.1, 0.15) is 0 Å². The van der Waals surface area contributed by atoms with Crippen molar-refractivity contribution in [1.82, 2.24) is 20.1 Å². The van der Waals surface area contributed by atoms with Crippen LogP contribution in [-0.2, 0) is 17.9 Å². The zero-order valence-corrected chi connectivity index (χ0v) is 21.1. The van der Waals surface area contributed by atoms with Crippen LogP contribution in [0.1, 0.15) is 27.3 Å². The topological polar surface area (TPSA) is 107 Å². The summed E-state index contributed by atoms with van der Waals surface area (Å²) in [6, 6.07) is 10.7. The van der Waals surface area contributed by atoms with E-state index in [1.54, 1.807) is 24.3 Å². The van der Waals surface area contributed by atoms with Crippen LogP contribution in [0.2, 0.25) is 0 Å². The summed E-state index contributed by atoms with van der Waals surface area (Å²) in [7, 11) is 3.05. The second-order valence-electron chi connectivity index (χ2n) is 7.63. The molecule has 0 aliphatic rings. The smallest absolute Gasteiger partial charge is 0.251 e. The Bertz CT molecular complexity index is 1220. The molecule has 0 spiro atoms. The van der Waals surface area contributed by atoms with Crippen LogP contribution in [0.3, 0.4) is 0 Å². The third-order valence-corrected chi connectivity index (χ3v) is 6.34. The van der Waals surface area contributed by atoms with Gasteiger partial charge < -0.3 is 24.7 Å². The van der Waals surface area contributed by atoms with Crippen molar-refractivity contribution in [2.45, 2.75) is 32.1 Å². The molecule has 0 aliphatic heterocycles. The van der Waals surface area contributed by atoms with Gasteiger partial charge in [-0.05, 0) is 49.2 Å². The minimum Gasteiger partial charge on any atom is -0.493 e. The molecule has 2 aromatic carbocycles. The minimum atomic E-state index is -0.291. The summed E-state index contributed by atoms with van der Waals surface area (Å²) in [5, 5.41) is 14.8. The normalized spacial score (nSPS) is 10.5. The van der Waals surface area contributed by atoms with E-state index < -0.39 is 0 Å². The lowest BCUT2D eigenvalue weighted by Crippen LogP contribution is -2.25. The van der Waals surface area contributed by atoms with Crippen molar-refractivity contribution in [3.8, 4) is 11.5 Å². The highest BCUT2D eigenvalue weighted by Crippen LogP contribution is 2.27. The number of carbonyl (C=O) groups excluding carboxylic acids is 2. The van der Waals surface area contributed by atoms with Crippen molar-refractivity contribution in [2.24, 2.45) is 0 Å². The maximum absolute atomic E-state index is 12.7. The lowest BCUT2D eigenvalue weighted by Gasteiger charge is -2.11. The first-order valence-corrected chi connectivity index (χ1v) is 11.9. The van der Waals surface area contributed by atoms with Crippen molar-refractivity contribution < 1.29 is 19.1 Å². The summed E-state index contributed by atoms with van der Waals surface area (Å²) in [4.78, 5) is 25.2. The molecule has 0 radical (unpaired) electrons. The first-order chi connectivity index (χ1) is 16.9. The Morgan fingerprint density at radius 2 is 1.89 bits per heavy atom. The van der Waals surface area contributed by atoms with Gasteiger partial charge in [0.2, 0.25) is 5.91 Å². The number of amides is 2. The van der Waals surface area contributed by atoms with E-state index in [1.807, 2.05) is 36.6 Å². The molecule has 2 amide bonds. The Hall–Kier alpha value is -3.79. The molecular formula is C25H29N5O4S. The summed E-state index contributed by atoms with van der Waals surface area (Å²) in [5.74, 6) is 1.30. The van der Waals surface area contributed by atoms with Crippen LogP contribution in [0.15, 0.2) is 54.2 Å². The van der Waals surface area contributed by atoms with E-state index in [0.717, 1.165) is 16.8 Å². The molecule has 0 bridgehead atoms. The third kappa shape index (κ3) is 6.42. The minimum absolute atomic E-state index is 0.139. The number of hydrogen-bond acceptors (Lipinski definition) is 7. The molecule has 2 N–H and O–H groups in total. The van der Waals surface area contributed by atoms with Gasteiger partial charge in [0.15, 0.2) is 22.5 Å². The molecule has 35 heavy (non-hydrogen) atoms. The second-order valence-corrected chi connectivity index (χ2v) is 8.58. The number of thioether (sulfide) groups is 1. The van der Waals surface area contributed by atoms with E-state index in [2.05, 4.69) is 27.4 Å². The number of benzene rings is 2. The van der Waals surface area contributed by atoms with E-state index >= 15 is 0 Å². The number of methoxy groups -OCH3 is 2. The number of ether oxygens (including phenoxy) is 2. The van der Waals surface area contributed by atoms with Gasteiger partial charge in [-0.3, -0.25) is 9.59 Å². The number of nitrogens with one attached hydrogen (secondary N) is 2. The fraction of sp³-hybridized carbons (Fsp3) is 0.280. The number of aromatic nitrogens is 3. The first kappa shape index (κ1) is 25.8. The van der Waals surface area contributed by atoms with Crippen LogP contribution in [0.25, 0.3) is 0 Å². The predicted molar refractivity (Wildman–Crippen MR) is 136 cm³/mol. The van der Waals surface area contributed by atoms with Gasteiger partial charge in [0.25, 0.3) is 5.91 Å². The Morgan fingerprint density at radius 3 is 2.60 bits per heavy atom. The highest BCUT2D eigenvalue weighted by atomic mass is 32.2. The van der Waals surface area contributed by atoms with Crippen molar-refractivity contribution >= 4 is 29.3 Å². The van der Waals surface area contributed by atoms with E-state index in [1.165, 1.54) is 26.0 Å². The molecule has 0 aliphatic carbocycles. The highest BCUT2D eigenvalue weighted by molar-refractivity contribution is 7.99. The fourth-order valence-corrected chi connectivity index (χ4v) is 4.08. The number of nitrogens with zero attached hydrogens (tertiary/aromatic N) is 3. The number of hydrogen-bond donors (Lipinski definition) is 2. The Kier molecular flexibility index (Phi) is 8.91. The van der Waals surface area contributed by atoms with Gasteiger partial charge >= 0.3 is 0 Å². The molecule has 184 valence electrons. The molecule has 0 saturated carbocycles. The molecule has 10 heteroatoms. The maximum atomic E-state index is 12.7. The Balaban J connectivity index is 1.64. The third-order valence-electron chi connectivity index (χ3n) is 5.37. The lowest BCUT2D eigenvalue weighted by atomic mass is 10.1. The van der Waals surface area contributed by atoms with Gasteiger partial charge in [-0.1, -0.05) is 30.0 Å². The first-order valence-electron chi connectivity index (χ1n) is 10.9. The quantitative estimate of drug-likeness (QED) is 0.308. The molecule has 0 saturated heterocycles.